The minimum atomic E-state index is -0.155. The lowest BCUT2D eigenvalue weighted by Crippen LogP contribution is -2.45. The molecule has 1 aromatic carbocycles. The fraction of sp³-hybridized carbons (Fsp3) is 0.500. The molecule has 1 aromatic heterocycles. The van der Waals surface area contributed by atoms with Crippen molar-refractivity contribution in [1.29, 1.82) is 0 Å². The third-order valence-electron chi connectivity index (χ3n) is 4.10. The summed E-state index contributed by atoms with van der Waals surface area (Å²) in [5, 5.41) is 7.32. The van der Waals surface area contributed by atoms with Crippen molar-refractivity contribution in [3.8, 4) is 0 Å². The van der Waals surface area contributed by atoms with E-state index in [2.05, 4.69) is 10.6 Å². The van der Waals surface area contributed by atoms with Gasteiger partial charge in [0.2, 0.25) is 0 Å². The van der Waals surface area contributed by atoms with Crippen molar-refractivity contribution in [1.82, 2.24) is 10.6 Å². The highest BCUT2D eigenvalue weighted by molar-refractivity contribution is 5.99. The van der Waals surface area contributed by atoms with E-state index >= 15 is 0 Å². The molecule has 1 aliphatic heterocycles. The molecule has 1 atom stereocenters. The number of para-hydroxylation sites is 1. The number of furan rings is 1. The highest BCUT2D eigenvalue weighted by atomic mass is 35.5. The van der Waals surface area contributed by atoms with Crippen LogP contribution in [0, 0.1) is 0 Å². The molecule has 2 heterocycles. The first-order valence-electron chi connectivity index (χ1n) is 8.28. The molecule has 1 saturated heterocycles. The molecule has 3 rings (SSSR count). The van der Waals surface area contributed by atoms with Crippen LogP contribution in [0.3, 0.4) is 0 Å². The number of amides is 1. The molecule has 0 spiro atoms. The molecule has 0 radical (unpaired) electrons. The first kappa shape index (κ1) is 18.8. The van der Waals surface area contributed by atoms with Gasteiger partial charge in [-0.3, -0.25) is 4.79 Å². The van der Waals surface area contributed by atoms with Gasteiger partial charge in [0.1, 0.15) is 5.58 Å². The maximum absolute atomic E-state index is 12.7. The Labute approximate surface area is 148 Å². The molecular formula is C18H25ClN2O3. The van der Waals surface area contributed by atoms with Gasteiger partial charge in [0.15, 0.2) is 5.76 Å². The minimum absolute atomic E-state index is 0. The number of hydrogen-bond donors (Lipinski definition) is 2. The lowest BCUT2D eigenvalue weighted by molar-refractivity contribution is 0.0642. The largest absolute Gasteiger partial charge is 0.451 e. The molecule has 24 heavy (non-hydrogen) atoms. The van der Waals surface area contributed by atoms with Crippen molar-refractivity contribution < 1.29 is 13.9 Å². The molecule has 0 aliphatic carbocycles. The predicted octanol–water partition coefficient (Wildman–Crippen LogP) is 3.26. The first-order chi connectivity index (χ1) is 11.1. The summed E-state index contributed by atoms with van der Waals surface area (Å²) in [6, 6.07) is 7.86. The number of rotatable bonds is 5. The predicted molar refractivity (Wildman–Crippen MR) is 96.7 cm³/mol. The van der Waals surface area contributed by atoms with Crippen LogP contribution in [-0.4, -0.2) is 31.1 Å². The maximum atomic E-state index is 12.7. The standard InChI is InChI=1S/C18H24N2O3.ClH/c1-12(2)22-11-15-14-7-3-4-8-16(14)23-17(15)18(21)20-13-6-5-9-19-10-13;/h3-4,7-8,12-13,19H,5-6,9-11H2,1-2H3,(H,20,21);1H/t13-;/m0./s1. The molecule has 0 saturated carbocycles. The maximum Gasteiger partial charge on any atom is 0.287 e. The Kier molecular flexibility index (Phi) is 6.66. The fourth-order valence-electron chi connectivity index (χ4n) is 2.90. The van der Waals surface area contributed by atoms with Gasteiger partial charge in [-0.15, -0.1) is 12.4 Å². The second-order valence-electron chi connectivity index (χ2n) is 6.28. The fourth-order valence-corrected chi connectivity index (χ4v) is 2.90. The van der Waals surface area contributed by atoms with Gasteiger partial charge < -0.3 is 19.8 Å². The lowest BCUT2D eigenvalue weighted by Gasteiger charge is -2.23. The summed E-state index contributed by atoms with van der Waals surface area (Å²) in [5.74, 6) is 0.217. The van der Waals surface area contributed by atoms with E-state index in [1.54, 1.807) is 0 Å². The molecule has 1 amide bonds. The Balaban J connectivity index is 0.00000208. The van der Waals surface area contributed by atoms with E-state index in [-0.39, 0.29) is 30.5 Å². The number of hydrogen-bond acceptors (Lipinski definition) is 4. The normalized spacial score (nSPS) is 17.7. The Morgan fingerprint density at radius 2 is 2.21 bits per heavy atom. The number of halogens is 1. The van der Waals surface area contributed by atoms with E-state index in [4.69, 9.17) is 9.15 Å². The average molecular weight is 353 g/mol. The molecule has 5 nitrogen and oxygen atoms in total. The molecular weight excluding hydrogens is 328 g/mol. The smallest absolute Gasteiger partial charge is 0.287 e. The molecule has 132 valence electrons. The summed E-state index contributed by atoms with van der Waals surface area (Å²) in [7, 11) is 0. The van der Waals surface area contributed by atoms with Crippen LogP contribution >= 0.6 is 12.4 Å². The van der Waals surface area contributed by atoms with Crippen molar-refractivity contribution in [2.45, 2.75) is 45.4 Å². The number of benzene rings is 1. The monoisotopic (exact) mass is 352 g/mol. The first-order valence-corrected chi connectivity index (χ1v) is 8.28. The third-order valence-corrected chi connectivity index (χ3v) is 4.10. The second-order valence-corrected chi connectivity index (χ2v) is 6.28. The topological polar surface area (TPSA) is 63.5 Å². The van der Waals surface area contributed by atoms with Crippen molar-refractivity contribution >= 4 is 29.3 Å². The van der Waals surface area contributed by atoms with Crippen molar-refractivity contribution in [3.05, 3.63) is 35.6 Å². The molecule has 2 N–H and O–H groups in total. The zero-order valence-electron chi connectivity index (χ0n) is 14.1. The van der Waals surface area contributed by atoms with E-state index in [9.17, 15) is 4.79 Å². The van der Waals surface area contributed by atoms with Crippen LogP contribution in [0.1, 0.15) is 42.8 Å². The van der Waals surface area contributed by atoms with Crippen LogP contribution in [0.25, 0.3) is 11.0 Å². The Morgan fingerprint density at radius 3 is 2.92 bits per heavy atom. The average Bonchev–Trinajstić information content (AvgIpc) is 2.92. The second kappa shape index (κ2) is 8.51. The number of fused-ring (bicyclic) bond motifs is 1. The number of nitrogens with one attached hydrogen (secondary N) is 2. The van der Waals surface area contributed by atoms with Gasteiger partial charge in [-0.2, -0.15) is 0 Å². The molecule has 1 aliphatic rings. The van der Waals surface area contributed by atoms with Gasteiger partial charge in [0, 0.05) is 23.5 Å². The zero-order chi connectivity index (χ0) is 16.2. The van der Waals surface area contributed by atoms with Crippen LogP contribution in [0.2, 0.25) is 0 Å². The Bertz CT molecular complexity index is 678. The SMILES string of the molecule is CC(C)OCc1c(C(=O)N[C@H]2CCCNC2)oc2ccccc12.Cl. The van der Waals surface area contributed by atoms with Crippen LogP contribution in [0.15, 0.2) is 28.7 Å². The van der Waals surface area contributed by atoms with Gasteiger partial charge in [-0.25, -0.2) is 0 Å². The van der Waals surface area contributed by atoms with Gasteiger partial charge in [-0.1, -0.05) is 18.2 Å². The molecule has 0 bridgehead atoms. The summed E-state index contributed by atoms with van der Waals surface area (Å²) in [5.41, 5.74) is 1.55. The van der Waals surface area contributed by atoms with E-state index in [1.807, 2.05) is 38.1 Å². The van der Waals surface area contributed by atoms with Crippen LogP contribution in [0.4, 0.5) is 0 Å². The van der Waals surface area contributed by atoms with Crippen molar-refractivity contribution in [2.75, 3.05) is 13.1 Å². The van der Waals surface area contributed by atoms with Gasteiger partial charge in [0.25, 0.3) is 5.91 Å². The number of carbonyl (C=O) groups is 1. The summed E-state index contributed by atoms with van der Waals surface area (Å²) < 4.78 is 11.5. The van der Waals surface area contributed by atoms with E-state index in [0.717, 1.165) is 42.5 Å². The zero-order valence-corrected chi connectivity index (χ0v) is 14.9. The summed E-state index contributed by atoms with van der Waals surface area (Å²) in [6.07, 6.45) is 2.17. The van der Waals surface area contributed by atoms with Gasteiger partial charge >= 0.3 is 0 Å². The Morgan fingerprint density at radius 1 is 1.42 bits per heavy atom. The van der Waals surface area contributed by atoms with E-state index in [0.29, 0.717) is 12.4 Å². The molecule has 0 unspecified atom stereocenters. The molecule has 6 heteroatoms. The number of carbonyl (C=O) groups excluding carboxylic acids is 1. The number of ether oxygens (including phenoxy) is 1. The number of piperidine rings is 1. The lowest BCUT2D eigenvalue weighted by atomic mass is 10.1. The van der Waals surface area contributed by atoms with Crippen molar-refractivity contribution in [2.24, 2.45) is 0 Å². The Hall–Kier alpha value is -1.56. The van der Waals surface area contributed by atoms with Crippen LogP contribution in [-0.2, 0) is 11.3 Å². The van der Waals surface area contributed by atoms with Crippen molar-refractivity contribution in [3.63, 3.8) is 0 Å². The van der Waals surface area contributed by atoms with Crippen LogP contribution in [0.5, 0.6) is 0 Å². The quantitative estimate of drug-likeness (QED) is 0.867. The third kappa shape index (κ3) is 4.29. The van der Waals surface area contributed by atoms with E-state index < -0.39 is 0 Å². The van der Waals surface area contributed by atoms with Crippen LogP contribution < -0.4 is 10.6 Å². The molecule has 1 fully saturated rings. The van der Waals surface area contributed by atoms with Gasteiger partial charge in [0.05, 0.1) is 12.7 Å². The minimum Gasteiger partial charge on any atom is -0.451 e. The highest BCUT2D eigenvalue weighted by Gasteiger charge is 2.23. The molecule has 2 aromatic rings. The van der Waals surface area contributed by atoms with E-state index in [1.165, 1.54) is 0 Å². The summed E-state index contributed by atoms with van der Waals surface area (Å²) >= 11 is 0. The van der Waals surface area contributed by atoms with Gasteiger partial charge in [-0.05, 0) is 39.3 Å². The highest BCUT2D eigenvalue weighted by Crippen LogP contribution is 2.27. The summed E-state index contributed by atoms with van der Waals surface area (Å²) in [6.45, 7) is 6.17. The summed E-state index contributed by atoms with van der Waals surface area (Å²) in [4.78, 5) is 12.7.